The zero-order chi connectivity index (χ0) is 15.3. The average Bonchev–Trinajstić information content (AvgIpc) is 3.03. The van der Waals surface area contributed by atoms with Crippen LogP contribution >= 0.6 is 0 Å². The maximum absolute atomic E-state index is 11.7. The molecule has 1 aromatic carbocycles. The summed E-state index contributed by atoms with van der Waals surface area (Å²) in [5.41, 5.74) is 6.76. The van der Waals surface area contributed by atoms with Crippen LogP contribution in [0.25, 0.3) is 10.9 Å². The summed E-state index contributed by atoms with van der Waals surface area (Å²) in [7, 11) is 0. The molecule has 112 valence electrons. The molecule has 3 heterocycles. The fraction of sp³-hybridized carbons (Fsp3) is 0.312. The lowest BCUT2D eigenvalue weighted by Crippen LogP contribution is -2.32. The molecule has 2 fully saturated rings. The van der Waals surface area contributed by atoms with Crippen molar-refractivity contribution >= 4 is 28.5 Å². The van der Waals surface area contributed by atoms with Crippen LogP contribution in [0, 0.1) is 5.92 Å². The molecule has 6 nitrogen and oxygen atoms in total. The largest absolute Gasteiger partial charge is 0.366 e. The molecule has 0 bridgehead atoms. The molecule has 6 heteroatoms. The fourth-order valence-corrected chi connectivity index (χ4v) is 3.46. The van der Waals surface area contributed by atoms with E-state index in [0.717, 1.165) is 29.8 Å². The lowest BCUT2D eigenvalue weighted by atomic mass is 10.1. The van der Waals surface area contributed by atoms with E-state index in [4.69, 9.17) is 5.73 Å². The highest BCUT2D eigenvalue weighted by atomic mass is 16.2. The summed E-state index contributed by atoms with van der Waals surface area (Å²) >= 11 is 0. The maximum atomic E-state index is 11.7. The van der Waals surface area contributed by atoms with Crippen molar-refractivity contribution in [3.63, 3.8) is 0 Å². The number of nitrogens with zero attached hydrogens (tertiary/aromatic N) is 2. The number of aromatic nitrogens is 1. The van der Waals surface area contributed by atoms with Crippen molar-refractivity contribution in [1.29, 1.82) is 0 Å². The number of nitrogens with two attached hydrogens (primary N) is 1. The van der Waals surface area contributed by atoms with Crippen LogP contribution < -0.4 is 16.0 Å². The van der Waals surface area contributed by atoms with E-state index in [1.807, 2.05) is 24.3 Å². The Balaban J connectivity index is 1.74. The Morgan fingerprint density at radius 3 is 2.91 bits per heavy atom. The minimum absolute atomic E-state index is 0.124. The van der Waals surface area contributed by atoms with Crippen LogP contribution in [-0.2, 0) is 4.79 Å². The summed E-state index contributed by atoms with van der Waals surface area (Å²) in [6.45, 7) is 1.49. The number of anilines is 1. The number of carbonyl (C=O) groups is 2. The smallest absolute Gasteiger partial charge is 0.249 e. The monoisotopic (exact) mass is 296 g/mol. The molecule has 0 radical (unpaired) electrons. The van der Waals surface area contributed by atoms with Gasteiger partial charge < -0.3 is 16.0 Å². The van der Waals surface area contributed by atoms with Gasteiger partial charge in [-0.3, -0.25) is 9.59 Å². The van der Waals surface area contributed by atoms with Gasteiger partial charge in [-0.2, -0.15) is 0 Å². The van der Waals surface area contributed by atoms with E-state index in [1.54, 1.807) is 6.07 Å². The molecule has 2 aromatic rings. The van der Waals surface area contributed by atoms with Gasteiger partial charge in [-0.25, -0.2) is 4.98 Å². The van der Waals surface area contributed by atoms with Gasteiger partial charge in [-0.15, -0.1) is 0 Å². The van der Waals surface area contributed by atoms with E-state index in [1.165, 1.54) is 0 Å². The highest BCUT2D eigenvalue weighted by molar-refractivity contribution is 6.06. The van der Waals surface area contributed by atoms with Gasteiger partial charge in [0.15, 0.2) is 0 Å². The molecular weight excluding hydrogens is 280 g/mol. The number of primary amides is 1. The first kappa shape index (κ1) is 13.1. The van der Waals surface area contributed by atoms with Gasteiger partial charge in [0.2, 0.25) is 11.8 Å². The van der Waals surface area contributed by atoms with E-state index in [9.17, 15) is 9.59 Å². The Labute approximate surface area is 127 Å². The van der Waals surface area contributed by atoms with Crippen LogP contribution in [-0.4, -0.2) is 35.9 Å². The van der Waals surface area contributed by atoms with Gasteiger partial charge in [-0.05, 0) is 12.1 Å². The first-order valence-corrected chi connectivity index (χ1v) is 7.36. The topological polar surface area (TPSA) is 88.3 Å². The van der Waals surface area contributed by atoms with Gasteiger partial charge in [0.1, 0.15) is 5.82 Å². The Hall–Kier alpha value is -2.63. The Morgan fingerprint density at radius 1 is 1.32 bits per heavy atom. The summed E-state index contributed by atoms with van der Waals surface area (Å²) in [5, 5.41) is 3.76. The first-order valence-electron chi connectivity index (χ1n) is 7.36. The van der Waals surface area contributed by atoms with Crippen molar-refractivity contribution in [2.45, 2.75) is 12.5 Å². The van der Waals surface area contributed by atoms with Gasteiger partial charge in [0, 0.05) is 30.8 Å². The second kappa shape index (κ2) is 4.69. The third-order valence-electron chi connectivity index (χ3n) is 4.53. The zero-order valence-corrected chi connectivity index (χ0v) is 12.0. The highest BCUT2D eigenvalue weighted by Crippen LogP contribution is 2.30. The molecular formula is C16H16N4O2. The van der Waals surface area contributed by atoms with Crippen molar-refractivity contribution in [2.75, 3.05) is 18.0 Å². The van der Waals surface area contributed by atoms with E-state index >= 15 is 0 Å². The summed E-state index contributed by atoms with van der Waals surface area (Å²) in [6, 6.07) is 9.43. The number of carbonyl (C=O) groups excluding carboxylic acids is 2. The van der Waals surface area contributed by atoms with Gasteiger partial charge >= 0.3 is 0 Å². The number of nitrogens with one attached hydrogen (secondary N) is 1. The number of amides is 2. The van der Waals surface area contributed by atoms with Crippen molar-refractivity contribution in [1.82, 2.24) is 10.3 Å². The van der Waals surface area contributed by atoms with Crippen molar-refractivity contribution in [2.24, 2.45) is 11.7 Å². The maximum Gasteiger partial charge on any atom is 0.249 e. The average molecular weight is 296 g/mol. The zero-order valence-electron chi connectivity index (χ0n) is 12.0. The first-order chi connectivity index (χ1) is 10.6. The van der Waals surface area contributed by atoms with Crippen LogP contribution in [0.3, 0.4) is 0 Å². The summed E-state index contributed by atoms with van der Waals surface area (Å²) < 4.78 is 0. The van der Waals surface area contributed by atoms with E-state index < -0.39 is 5.91 Å². The minimum atomic E-state index is -0.451. The molecule has 2 aliphatic rings. The quantitative estimate of drug-likeness (QED) is 0.852. The van der Waals surface area contributed by atoms with Gasteiger partial charge in [-0.1, -0.05) is 18.2 Å². The van der Waals surface area contributed by atoms with E-state index in [-0.39, 0.29) is 11.9 Å². The standard InChI is InChI=1S/C16H16N4O2/c17-16(22)11-6-14(18-12-4-2-1-3-10(11)12)20-7-9-5-15(21)19-13(9)8-20/h1-4,6,9,13H,5,7-8H2,(H2,17,22)(H,19,21)/t9-,13+/m0/s1. The van der Waals surface area contributed by atoms with E-state index in [0.29, 0.717) is 17.9 Å². The molecule has 4 rings (SSSR count). The molecule has 2 atom stereocenters. The second-order valence-electron chi connectivity index (χ2n) is 5.95. The van der Waals surface area contributed by atoms with Crippen LogP contribution in [0.2, 0.25) is 0 Å². The fourth-order valence-electron chi connectivity index (χ4n) is 3.46. The number of hydrogen-bond acceptors (Lipinski definition) is 4. The highest BCUT2D eigenvalue weighted by Gasteiger charge is 2.40. The molecule has 22 heavy (non-hydrogen) atoms. The third-order valence-corrected chi connectivity index (χ3v) is 4.53. The molecule has 0 aliphatic carbocycles. The number of hydrogen-bond donors (Lipinski definition) is 2. The van der Waals surface area contributed by atoms with Crippen LogP contribution in [0.4, 0.5) is 5.82 Å². The second-order valence-corrected chi connectivity index (χ2v) is 5.95. The Bertz CT molecular complexity index is 773. The normalized spacial score (nSPS) is 23.6. The molecule has 2 amide bonds. The molecule has 0 spiro atoms. The number of fused-ring (bicyclic) bond motifs is 2. The SMILES string of the molecule is NC(=O)c1cc(N2C[C@@H]3CC(=O)N[C@@H]3C2)nc2ccccc12. The summed E-state index contributed by atoms with van der Waals surface area (Å²) in [4.78, 5) is 29.9. The molecule has 2 aliphatic heterocycles. The predicted molar refractivity (Wildman–Crippen MR) is 82.5 cm³/mol. The summed E-state index contributed by atoms with van der Waals surface area (Å²) in [6.07, 6.45) is 0.567. The van der Waals surface area contributed by atoms with E-state index in [2.05, 4.69) is 15.2 Å². The number of rotatable bonds is 2. The van der Waals surface area contributed by atoms with Crippen molar-refractivity contribution < 1.29 is 9.59 Å². The number of pyridine rings is 1. The Kier molecular flexibility index (Phi) is 2.79. The minimum Gasteiger partial charge on any atom is -0.366 e. The van der Waals surface area contributed by atoms with Gasteiger partial charge in [0.25, 0.3) is 0 Å². The molecule has 3 N–H and O–H groups in total. The lowest BCUT2D eigenvalue weighted by molar-refractivity contribution is -0.119. The van der Waals surface area contributed by atoms with Gasteiger partial charge in [0.05, 0.1) is 17.1 Å². The number of benzene rings is 1. The number of para-hydroxylation sites is 1. The van der Waals surface area contributed by atoms with Crippen LogP contribution in [0.15, 0.2) is 30.3 Å². The van der Waals surface area contributed by atoms with Crippen molar-refractivity contribution in [3.05, 3.63) is 35.9 Å². The lowest BCUT2D eigenvalue weighted by Gasteiger charge is -2.19. The van der Waals surface area contributed by atoms with Crippen LogP contribution in [0.1, 0.15) is 16.8 Å². The molecule has 0 unspecified atom stereocenters. The Morgan fingerprint density at radius 2 is 2.14 bits per heavy atom. The third kappa shape index (κ3) is 1.99. The van der Waals surface area contributed by atoms with Crippen LogP contribution in [0.5, 0.6) is 0 Å². The molecule has 2 saturated heterocycles. The molecule has 0 saturated carbocycles. The van der Waals surface area contributed by atoms with Crippen molar-refractivity contribution in [3.8, 4) is 0 Å². The molecule has 1 aromatic heterocycles. The summed E-state index contributed by atoms with van der Waals surface area (Å²) in [5.74, 6) is 0.737. The predicted octanol–water partition coefficient (Wildman–Crippen LogP) is 0.658.